The second-order valence-corrected chi connectivity index (χ2v) is 4.46. The highest BCUT2D eigenvalue weighted by Crippen LogP contribution is 2.31. The van der Waals surface area contributed by atoms with E-state index in [0.29, 0.717) is 0 Å². The highest BCUT2D eigenvalue weighted by molar-refractivity contribution is 9.10. The molecule has 0 radical (unpaired) electrons. The van der Waals surface area contributed by atoms with Gasteiger partial charge in [0.1, 0.15) is 0 Å². The molecule has 14 heavy (non-hydrogen) atoms. The van der Waals surface area contributed by atoms with E-state index in [9.17, 15) is 0 Å². The monoisotopic (exact) mass is 254 g/mol. The second-order valence-electron chi connectivity index (χ2n) is 3.61. The summed E-state index contributed by atoms with van der Waals surface area (Å²) < 4.78 is 1.19. The molecule has 0 amide bonds. The van der Waals surface area contributed by atoms with E-state index in [1.165, 1.54) is 36.1 Å². The lowest BCUT2D eigenvalue weighted by molar-refractivity contribution is 0.949. The van der Waals surface area contributed by atoms with E-state index < -0.39 is 0 Å². The summed E-state index contributed by atoms with van der Waals surface area (Å²) in [5.41, 5.74) is 2.47. The summed E-state index contributed by atoms with van der Waals surface area (Å²) in [6, 6.07) is 6.44. The van der Waals surface area contributed by atoms with Crippen LogP contribution < -0.4 is 10.2 Å². The zero-order chi connectivity index (χ0) is 9.97. The van der Waals surface area contributed by atoms with Crippen LogP contribution in [0.4, 0.5) is 11.4 Å². The predicted octanol–water partition coefficient (Wildman–Crippen LogP) is 3.09. The van der Waals surface area contributed by atoms with Gasteiger partial charge in [-0.25, -0.2) is 0 Å². The molecule has 1 aliphatic heterocycles. The molecule has 2 nitrogen and oxygen atoms in total. The number of rotatable bonds is 2. The third kappa shape index (κ3) is 1.87. The maximum absolute atomic E-state index is 3.62. The summed E-state index contributed by atoms with van der Waals surface area (Å²) in [6.07, 6.45) is 2.64. The van der Waals surface area contributed by atoms with Crippen molar-refractivity contribution in [1.29, 1.82) is 0 Å². The van der Waals surface area contributed by atoms with Gasteiger partial charge in [0, 0.05) is 30.3 Å². The molecule has 2 rings (SSSR count). The Hall–Kier alpha value is -0.700. The molecule has 0 atom stereocenters. The van der Waals surface area contributed by atoms with Crippen LogP contribution in [-0.2, 0) is 0 Å². The molecule has 1 fully saturated rings. The summed E-state index contributed by atoms with van der Waals surface area (Å²) in [4.78, 5) is 2.43. The number of benzene rings is 1. The average molecular weight is 255 g/mol. The molecule has 1 aliphatic rings. The van der Waals surface area contributed by atoms with Gasteiger partial charge in [-0.1, -0.05) is 0 Å². The summed E-state index contributed by atoms with van der Waals surface area (Å²) in [6.45, 7) is 2.38. The SMILES string of the molecule is CNc1ccc(N2CCCC2)c(Br)c1. The first-order valence-corrected chi connectivity index (χ1v) is 5.83. The molecule has 0 bridgehead atoms. The van der Waals surface area contributed by atoms with E-state index in [2.05, 4.69) is 44.3 Å². The lowest BCUT2D eigenvalue weighted by atomic mass is 10.2. The minimum Gasteiger partial charge on any atom is -0.388 e. The first-order chi connectivity index (χ1) is 6.81. The Balaban J connectivity index is 2.25. The van der Waals surface area contributed by atoms with Crippen molar-refractivity contribution in [3.8, 4) is 0 Å². The average Bonchev–Trinajstić information content (AvgIpc) is 2.70. The highest BCUT2D eigenvalue weighted by atomic mass is 79.9. The van der Waals surface area contributed by atoms with Crippen molar-refractivity contribution >= 4 is 27.3 Å². The highest BCUT2D eigenvalue weighted by Gasteiger charge is 2.14. The minimum absolute atomic E-state index is 1.15. The summed E-state index contributed by atoms with van der Waals surface area (Å²) >= 11 is 3.62. The largest absolute Gasteiger partial charge is 0.388 e. The Bertz CT molecular complexity index is 319. The molecule has 1 N–H and O–H groups in total. The Labute approximate surface area is 93.4 Å². The molecule has 1 aromatic rings. The van der Waals surface area contributed by atoms with Gasteiger partial charge in [-0.05, 0) is 47.0 Å². The first-order valence-electron chi connectivity index (χ1n) is 5.03. The minimum atomic E-state index is 1.15. The number of hydrogen-bond donors (Lipinski definition) is 1. The van der Waals surface area contributed by atoms with Crippen LogP contribution in [0.2, 0.25) is 0 Å². The zero-order valence-electron chi connectivity index (χ0n) is 8.39. The summed E-state index contributed by atoms with van der Waals surface area (Å²) in [7, 11) is 1.94. The molecule has 0 spiro atoms. The van der Waals surface area contributed by atoms with Crippen LogP contribution in [0, 0.1) is 0 Å². The van der Waals surface area contributed by atoms with Crippen LogP contribution in [0.25, 0.3) is 0 Å². The Morgan fingerprint density at radius 2 is 2.00 bits per heavy atom. The quantitative estimate of drug-likeness (QED) is 0.873. The van der Waals surface area contributed by atoms with Gasteiger partial charge in [0.25, 0.3) is 0 Å². The number of anilines is 2. The maximum Gasteiger partial charge on any atom is 0.0512 e. The fraction of sp³-hybridized carbons (Fsp3) is 0.455. The summed E-state index contributed by atoms with van der Waals surface area (Å²) in [5, 5.41) is 3.14. The molecule has 76 valence electrons. The third-order valence-electron chi connectivity index (χ3n) is 2.68. The predicted molar refractivity (Wildman–Crippen MR) is 65.1 cm³/mol. The van der Waals surface area contributed by atoms with Crippen LogP contribution in [0.5, 0.6) is 0 Å². The zero-order valence-corrected chi connectivity index (χ0v) is 9.97. The van der Waals surface area contributed by atoms with Crippen molar-refractivity contribution in [2.24, 2.45) is 0 Å². The Morgan fingerprint density at radius 1 is 1.29 bits per heavy atom. The van der Waals surface area contributed by atoms with E-state index in [-0.39, 0.29) is 0 Å². The van der Waals surface area contributed by atoms with Gasteiger partial charge in [-0.15, -0.1) is 0 Å². The molecule has 3 heteroatoms. The van der Waals surface area contributed by atoms with Crippen molar-refractivity contribution in [2.45, 2.75) is 12.8 Å². The van der Waals surface area contributed by atoms with Gasteiger partial charge in [0.2, 0.25) is 0 Å². The van der Waals surface area contributed by atoms with E-state index in [0.717, 1.165) is 5.69 Å². The van der Waals surface area contributed by atoms with E-state index in [1.54, 1.807) is 0 Å². The van der Waals surface area contributed by atoms with Crippen molar-refractivity contribution in [2.75, 3.05) is 30.4 Å². The van der Waals surface area contributed by atoms with Crippen molar-refractivity contribution in [3.05, 3.63) is 22.7 Å². The normalized spacial score (nSPS) is 16.0. The molecule has 0 unspecified atom stereocenters. The van der Waals surface area contributed by atoms with Crippen LogP contribution in [-0.4, -0.2) is 20.1 Å². The summed E-state index contributed by atoms with van der Waals surface area (Å²) in [5.74, 6) is 0. The Morgan fingerprint density at radius 3 is 2.57 bits per heavy atom. The smallest absolute Gasteiger partial charge is 0.0512 e. The lowest BCUT2D eigenvalue weighted by Crippen LogP contribution is -2.17. The molecular weight excluding hydrogens is 240 g/mol. The van der Waals surface area contributed by atoms with E-state index in [1.807, 2.05) is 7.05 Å². The van der Waals surface area contributed by atoms with Gasteiger partial charge in [-0.3, -0.25) is 0 Å². The van der Waals surface area contributed by atoms with Crippen LogP contribution in [0.1, 0.15) is 12.8 Å². The van der Waals surface area contributed by atoms with Crippen LogP contribution in [0.15, 0.2) is 22.7 Å². The number of hydrogen-bond acceptors (Lipinski definition) is 2. The maximum atomic E-state index is 3.62. The molecule has 1 aromatic carbocycles. The Kier molecular flexibility index (Phi) is 2.96. The molecule has 1 saturated heterocycles. The lowest BCUT2D eigenvalue weighted by Gasteiger charge is -2.19. The van der Waals surface area contributed by atoms with Gasteiger partial charge in [0.15, 0.2) is 0 Å². The topological polar surface area (TPSA) is 15.3 Å². The first kappa shape index (κ1) is 9.84. The fourth-order valence-electron chi connectivity index (χ4n) is 1.88. The standard InChI is InChI=1S/C11H15BrN2/c1-13-9-4-5-11(10(12)8-9)14-6-2-3-7-14/h4-5,8,13H,2-3,6-7H2,1H3. The fourth-order valence-corrected chi connectivity index (χ4v) is 2.51. The molecule has 0 saturated carbocycles. The van der Waals surface area contributed by atoms with Crippen LogP contribution in [0.3, 0.4) is 0 Å². The third-order valence-corrected chi connectivity index (χ3v) is 3.32. The van der Waals surface area contributed by atoms with Gasteiger partial charge in [0.05, 0.1) is 5.69 Å². The van der Waals surface area contributed by atoms with Gasteiger partial charge < -0.3 is 10.2 Å². The van der Waals surface area contributed by atoms with Crippen molar-refractivity contribution in [3.63, 3.8) is 0 Å². The number of nitrogens with one attached hydrogen (secondary N) is 1. The number of halogens is 1. The van der Waals surface area contributed by atoms with E-state index >= 15 is 0 Å². The number of nitrogens with zero attached hydrogens (tertiary/aromatic N) is 1. The van der Waals surface area contributed by atoms with Gasteiger partial charge >= 0.3 is 0 Å². The van der Waals surface area contributed by atoms with Gasteiger partial charge in [-0.2, -0.15) is 0 Å². The molecule has 1 heterocycles. The van der Waals surface area contributed by atoms with E-state index in [4.69, 9.17) is 0 Å². The second kappa shape index (κ2) is 4.22. The van der Waals surface area contributed by atoms with Crippen molar-refractivity contribution < 1.29 is 0 Å². The van der Waals surface area contributed by atoms with Crippen molar-refractivity contribution in [1.82, 2.24) is 0 Å². The molecule has 0 aromatic heterocycles. The molecular formula is C11H15BrN2. The van der Waals surface area contributed by atoms with Crippen LogP contribution >= 0.6 is 15.9 Å². The molecule has 0 aliphatic carbocycles.